The Kier molecular flexibility index (Phi) is 2.59. The number of aromatic nitrogens is 1. The van der Waals surface area contributed by atoms with E-state index in [1.54, 1.807) is 11.3 Å². The summed E-state index contributed by atoms with van der Waals surface area (Å²) >= 11 is 1.67. The van der Waals surface area contributed by atoms with Gasteiger partial charge < -0.3 is 10.8 Å². The summed E-state index contributed by atoms with van der Waals surface area (Å²) in [5.41, 5.74) is 8.39. The molecule has 0 radical (unpaired) electrons. The molecule has 11 heavy (non-hydrogen) atoms. The molecule has 3 N–H and O–H groups in total. The summed E-state index contributed by atoms with van der Waals surface area (Å²) in [5.74, 6) is 0. The smallest absolute Gasteiger partial charge is 0.225 e. The monoisotopic (exact) mass is 173 g/mol. The fraction of sp³-hybridized carbons (Fsp3) is 0.571. The van der Waals surface area contributed by atoms with Crippen molar-refractivity contribution in [3.8, 4) is 0 Å². The lowest BCUT2D eigenvalue weighted by Gasteiger charge is -1.97. The maximum absolute atomic E-state index is 8.90. The molecule has 4 heteroatoms. The van der Waals surface area contributed by atoms with Crippen LogP contribution in [0.5, 0.6) is 0 Å². The molecule has 1 aromatic rings. The Morgan fingerprint density at radius 1 is 1.73 bits per heavy atom. The summed E-state index contributed by atoms with van der Waals surface area (Å²) in [6, 6.07) is 0. The molecule has 1 heterocycles. The highest BCUT2D eigenvalue weighted by atomic mass is 32.1. The first-order valence-electron chi connectivity index (χ1n) is 3.49. The van der Waals surface area contributed by atoms with Crippen LogP contribution in [0, 0.1) is 13.8 Å². The fourth-order valence-corrected chi connectivity index (χ4v) is 1.71. The second kappa shape index (κ2) is 3.30. The number of aryl methyl sites for hydroxylation is 1. The molecular weight excluding hydrogens is 160 g/mol. The van der Waals surface area contributed by atoms with Gasteiger partial charge >= 0.3 is 0 Å². The van der Waals surface area contributed by atoms with Gasteiger partial charge in [0.15, 0.2) is 18.5 Å². The second-order valence-electron chi connectivity index (χ2n) is 2.58. The van der Waals surface area contributed by atoms with Crippen LogP contribution in [0.25, 0.3) is 0 Å². The minimum atomic E-state index is -0.757. The third kappa shape index (κ3) is 1.99. The number of rotatable bonds is 2. The van der Waals surface area contributed by atoms with Gasteiger partial charge in [-0.15, -0.1) is 0 Å². The molecule has 62 valence electrons. The molecule has 0 saturated carbocycles. The van der Waals surface area contributed by atoms with Crippen molar-refractivity contribution in [3.05, 3.63) is 16.1 Å². The first-order chi connectivity index (χ1) is 5.11. The maximum atomic E-state index is 8.90. The van der Waals surface area contributed by atoms with E-state index in [-0.39, 0.29) is 0 Å². The molecular formula is C7H13N2OS+. The normalized spacial score (nSPS) is 13.5. The molecule has 0 spiro atoms. The van der Waals surface area contributed by atoms with Crippen LogP contribution in [-0.2, 0) is 6.54 Å². The summed E-state index contributed by atoms with van der Waals surface area (Å²) < 4.78 is 1.96. The Morgan fingerprint density at radius 2 is 2.36 bits per heavy atom. The molecule has 1 rings (SSSR count). The van der Waals surface area contributed by atoms with E-state index in [0.717, 1.165) is 0 Å². The zero-order valence-electron chi connectivity index (χ0n) is 6.74. The van der Waals surface area contributed by atoms with E-state index in [0.29, 0.717) is 6.54 Å². The molecule has 1 unspecified atom stereocenters. The van der Waals surface area contributed by atoms with Gasteiger partial charge in [0.25, 0.3) is 0 Å². The molecule has 1 atom stereocenters. The number of nitrogens with zero attached hydrogens (tertiary/aromatic N) is 1. The Bertz CT molecular complexity index is 245. The molecule has 0 saturated heterocycles. The van der Waals surface area contributed by atoms with Crippen molar-refractivity contribution in [2.24, 2.45) is 5.73 Å². The highest BCUT2D eigenvalue weighted by Crippen LogP contribution is 2.07. The third-order valence-electron chi connectivity index (χ3n) is 1.68. The predicted molar refractivity (Wildman–Crippen MR) is 44.2 cm³/mol. The summed E-state index contributed by atoms with van der Waals surface area (Å²) in [5, 5.41) is 8.90. The van der Waals surface area contributed by atoms with Crippen LogP contribution >= 0.6 is 11.3 Å². The summed E-state index contributed by atoms with van der Waals surface area (Å²) in [6.45, 7) is 4.56. The molecule has 0 aromatic carbocycles. The van der Waals surface area contributed by atoms with Gasteiger partial charge in [0.1, 0.15) is 0 Å². The van der Waals surface area contributed by atoms with E-state index in [4.69, 9.17) is 10.8 Å². The van der Waals surface area contributed by atoms with Crippen LogP contribution in [0.3, 0.4) is 0 Å². The van der Waals surface area contributed by atoms with Crippen LogP contribution in [-0.4, -0.2) is 11.3 Å². The quantitative estimate of drug-likeness (QED) is 0.486. The number of hydrogen-bond acceptors (Lipinski definition) is 3. The Hall–Kier alpha value is -0.450. The maximum Gasteiger partial charge on any atom is 0.225 e. The number of hydrogen-bond donors (Lipinski definition) is 2. The lowest BCUT2D eigenvalue weighted by Crippen LogP contribution is -2.43. The second-order valence-corrected chi connectivity index (χ2v) is 3.64. The van der Waals surface area contributed by atoms with Gasteiger partial charge in [-0.05, 0) is 6.92 Å². The number of nitrogens with two attached hydrogens (primary N) is 1. The molecule has 1 aromatic heterocycles. The summed E-state index contributed by atoms with van der Waals surface area (Å²) in [7, 11) is 0. The van der Waals surface area contributed by atoms with Gasteiger partial charge in [-0.2, -0.15) is 4.57 Å². The minimum absolute atomic E-state index is 0.482. The van der Waals surface area contributed by atoms with Crippen molar-refractivity contribution < 1.29 is 9.67 Å². The fourth-order valence-electron chi connectivity index (χ4n) is 0.891. The number of aliphatic hydroxyl groups is 1. The van der Waals surface area contributed by atoms with Gasteiger partial charge in [-0.25, -0.2) is 0 Å². The summed E-state index contributed by atoms with van der Waals surface area (Å²) in [6.07, 6.45) is -0.757. The van der Waals surface area contributed by atoms with Crippen LogP contribution in [0.1, 0.15) is 10.6 Å². The highest BCUT2D eigenvalue weighted by molar-refractivity contribution is 7.09. The first-order valence-corrected chi connectivity index (χ1v) is 4.37. The van der Waals surface area contributed by atoms with Gasteiger partial charge in [0.2, 0.25) is 5.51 Å². The number of aliphatic hydroxyl groups excluding tert-OH is 1. The third-order valence-corrected chi connectivity index (χ3v) is 2.69. The van der Waals surface area contributed by atoms with Crippen molar-refractivity contribution in [2.75, 3.05) is 0 Å². The van der Waals surface area contributed by atoms with E-state index >= 15 is 0 Å². The van der Waals surface area contributed by atoms with E-state index in [1.807, 2.05) is 17.0 Å². The summed E-state index contributed by atoms with van der Waals surface area (Å²) in [4.78, 5) is 1.27. The van der Waals surface area contributed by atoms with Crippen LogP contribution in [0.4, 0.5) is 0 Å². The van der Waals surface area contributed by atoms with E-state index in [9.17, 15) is 0 Å². The van der Waals surface area contributed by atoms with Crippen LogP contribution < -0.4 is 10.3 Å². The van der Waals surface area contributed by atoms with E-state index in [2.05, 4.69) is 6.92 Å². The SMILES string of the molecule is Cc1sc[n+](CC(N)O)c1C. The lowest BCUT2D eigenvalue weighted by molar-refractivity contribution is -0.704. The molecule has 0 amide bonds. The average molecular weight is 173 g/mol. The molecule has 3 nitrogen and oxygen atoms in total. The van der Waals surface area contributed by atoms with Gasteiger partial charge in [-0.3, -0.25) is 0 Å². The van der Waals surface area contributed by atoms with Crippen molar-refractivity contribution in [3.63, 3.8) is 0 Å². The Balaban J connectivity index is 2.79. The molecule has 0 aliphatic heterocycles. The van der Waals surface area contributed by atoms with E-state index in [1.165, 1.54) is 10.6 Å². The van der Waals surface area contributed by atoms with Crippen LogP contribution in [0.2, 0.25) is 0 Å². The standard InChI is InChI=1S/C7H13N2OS/c1-5-6(2)11-4-9(5)3-7(8)10/h4,7,10H,3,8H2,1-2H3/q+1. The van der Waals surface area contributed by atoms with E-state index < -0.39 is 6.23 Å². The molecule has 0 fully saturated rings. The van der Waals surface area contributed by atoms with Gasteiger partial charge in [-0.1, -0.05) is 11.3 Å². The largest absolute Gasteiger partial charge is 0.372 e. The molecule has 0 bridgehead atoms. The number of thiazole rings is 1. The van der Waals surface area contributed by atoms with Crippen molar-refractivity contribution in [2.45, 2.75) is 26.6 Å². The van der Waals surface area contributed by atoms with Crippen molar-refractivity contribution in [1.82, 2.24) is 0 Å². The van der Waals surface area contributed by atoms with Crippen LogP contribution in [0.15, 0.2) is 5.51 Å². The minimum Gasteiger partial charge on any atom is -0.372 e. The Morgan fingerprint density at radius 3 is 2.73 bits per heavy atom. The predicted octanol–water partition coefficient (Wildman–Crippen LogP) is -0.0705. The average Bonchev–Trinajstić information content (AvgIpc) is 2.18. The van der Waals surface area contributed by atoms with Gasteiger partial charge in [0.05, 0.1) is 4.88 Å². The molecule has 0 aliphatic carbocycles. The lowest BCUT2D eigenvalue weighted by atomic mass is 10.4. The Labute approximate surface area is 70.1 Å². The zero-order valence-corrected chi connectivity index (χ0v) is 7.56. The van der Waals surface area contributed by atoms with Gasteiger partial charge in [0, 0.05) is 6.92 Å². The van der Waals surface area contributed by atoms with Crippen molar-refractivity contribution in [1.29, 1.82) is 0 Å². The zero-order chi connectivity index (χ0) is 8.43. The van der Waals surface area contributed by atoms with Crippen molar-refractivity contribution >= 4 is 11.3 Å². The molecule has 0 aliphatic rings. The topological polar surface area (TPSA) is 50.1 Å². The highest BCUT2D eigenvalue weighted by Gasteiger charge is 2.13. The first kappa shape index (κ1) is 8.64.